The molecule has 0 spiro atoms. The maximum Gasteiger partial charge on any atom is 0.129 e. The van der Waals surface area contributed by atoms with Crippen LogP contribution in [0.15, 0.2) is 25.0 Å². The molecule has 0 radical (unpaired) electrons. The number of hydrogen-bond acceptors (Lipinski definition) is 3. The molecule has 2 N–H and O–H groups in total. The lowest BCUT2D eigenvalue weighted by atomic mass is 9.99. The zero-order valence-electron chi connectivity index (χ0n) is 12.7. The molecule has 0 aliphatic heterocycles. The maximum absolute atomic E-state index is 13.8. The summed E-state index contributed by atoms with van der Waals surface area (Å²) in [6.07, 6.45) is 1.12. The zero-order valence-corrected chi connectivity index (χ0v) is 12.7. The highest BCUT2D eigenvalue weighted by Crippen LogP contribution is 2.20. The van der Waals surface area contributed by atoms with Crippen LogP contribution >= 0.6 is 0 Å². The van der Waals surface area contributed by atoms with Crippen molar-refractivity contribution in [2.45, 2.75) is 32.5 Å². The van der Waals surface area contributed by atoms with Gasteiger partial charge in [0, 0.05) is 19.1 Å². The van der Waals surface area contributed by atoms with E-state index >= 15 is 0 Å². The Morgan fingerprint density at radius 3 is 2.42 bits per heavy atom. The van der Waals surface area contributed by atoms with Gasteiger partial charge >= 0.3 is 0 Å². The Bertz CT molecular complexity index is 281. The Morgan fingerprint density at radius 2 is 2.00 bits per heavy atom. The molecule has 0 amide bonds. The molecule has 0 aliphatic rings. The second-order valence-electron chi connectivity index (χ2n) is 5.50. The molecule has 19 heavy (non-hydrogen) atoms. The first-order chi connectivity index (χ1) is 8.81. The Balaban J connectivity index is 4.42. The van der Waals surface area contributed by atoms with E-state index in [0.717, 1.165) is 13.0 Å². The summed E-state index contributed by atoms with van der Waals surface area (Å²) < 4.78 is 18.9. The number of nitrogens with two attached hydrogens (primary N) is 1. The molecule has 0 bridgehead atoms. The van der Waals surface area contributed by atoms with Gasteiger partial charge in [0.15, 0.2) is 0 Å². The van der Waals surface area contributed by atoms with Crippen LogP contribution in [0.4, 0.5) is 4.39 Å². The summed E-state index contributed by atoms with van der Waals surface area (Å²) >= 11 is 0. The minimum absolute atomic E-state index is 0.190. The van der Waals surface area contributed by atoms with E-state index < -0.39 is 6.17 Å². The molecule has 4 heteroatoms. The van der Waals surface area contributed by atoms with Crippen LogP contribution in [0.1, 0.15) is 20.3 Å². The van der Waals surface area contributed by atoms with Crippen molar-refractivity contribution in [3.8, 4) is 0 Å². The van der Waals surface area contributed by atoms with Gasteiger partial charge in [0.1, 0.15) is 6.17 Å². The first-order valence-corrected chi connectivity index (χ1v) is 6.75. The van der Waals surface area contributed by atoms with E-state index in [1.54, 1.807) is 0 Å². The van der Waals surface area contributed by atoms with Crippen LogP contribution < -0.4 is 5.73 Å². The summed E-state index contributed by atoms with van der Waals surface area (Å²) in [6, 6.07) is 0.190. The van der Waals surface area contributed by atoms with Gasteiger partial charge in [-0.15, -0.1) is 6.58 Å². The van der Waals surface area contributed by atoms with Gasteiger partial charge in [-0.1, -0.05) is 19.6 Å². The van der Waals surface area contributed by atoms with Gasteiger partial charge in [0.2, 0.25) is 0 Å². The molecular weight excluding hydrogens is 243 g/mol. The van der Waals surface area contributed by atoms with Crippen molar-refractivity contribution in [3.63, 3.8) is 0 Å². The van der Waals surface area contributed by atoms with Gasteiger partial charge in [0.25, 0.3) is 0 Å². The normalized spacial score (nSPS) is 17.6. The van der Waals surface area contributed by atoms with E-state index in [1.807, 2.05) is 14.0 Å². The molecule has 0 aromatic rings. The SMILES string of the molecule is C=CC(F)C(CN(C)CC(C)CC(C)N)C(=C)OC. The molecule has 0 aromatic heterocycles. The maximum atomic E-state index is 13.8. The number of allylic oxidation sites excluding steroid dienone is 1. The molecule has 0 aromatic carbocycles. The van der Waals surface area contributed by atoms with E-state index in [2.05, 4.69) is 25.0 Å². The van der Waals surface area contributed by atoms with Gasteiger partial charge in [-0.3, -0.25) is 0 Å². The minimum Gasteiger partial charge on any atom is -0.501 e. The van der Waals surface area contributed by atoms with Crippen molar-refractivity contribution in [1.82, 2.24) is 4.90 Å². The summed E-state index contributed by atoms with van der Waals surface area (Å²) in [6.45, 7) is 12.9. The molecule has 0 fully saturated rings. The van der Waals surface area contributed by atoms with E-state index in [9.17, 15) is 4.39 Å². The number of halogens is 1. The molecule has 4 unspecified atom stereocenters. The molecule has 0 rings (SSSR count). The van der Waals surface area contributed by atoms with Crippen molar-refractivity contribution in [2.75, 3.05) is 27.2 Å². The fraction of sp³-hybridized carbons (Fsp3) is 0.733. The van der Waals surface area contributed by atoms with E-state index in [4.69, 9.17) is 10.5 Å². The van der Waals surface area contributed by atoms with E-state index in [-0.39, 0.29) is 12.0 Å². The highest BCUT2D eigenvalue weighted by Gasteiger charge is 2.24. The number of nitrogens with zero attached hydrogens (tertiary/aromatic N) is 1. The van der Waals surface area contributed by atoms with Crippen molar-refractivity contribution < 1.29 is 9.13 Å². The number of hydrogen-bond donors (Lipinski definition) is 1. The van der Waals surface area contributed by atoms with Crippen LogP contribution in [0.25, 0.3) is 0 Å². The fourth-order valence-corrected chi connectivity index (χ4v) is 2.35. The fourth-order valence-electron chi connectivity index (χ4n) is 2.35. The molecule has 4 atom stereocenters. The largest absolute Gasteiger partial charge is 0.501 e. The van der Waals surface area contributed by atoms with Crippen LogP contribution in [-0.2, 0) is 4.74 Å². The minimum atomic E-state index is -1.14. The molecule has 3 nitrogen and oxygen atoms in total. The summed E-state index contributed by atoms with van der Waals surface area (Å²) in [7, 11) is 3.49. The van der Waals surface area contributed by atoms with Crippen molar-refractivity contribution in [3.05, 3.63) is 25.0 Å². The summed E-state index contributed by atoms with van der Waals surface area (Å²) in [5.41, 5.74) is 5.78. The average Bonchev–Trinajstić information content (AvgIpc) is 2.32. The highest BCUT2D eigenvalue weighted by atomic mass is 19.1. The quantitative estimate of drug-likeness (QED) is 0.491. The zero-order chi connectivity index (χ0) is 15.0. The lowest BCUT2D eigenvalue weighted by molar-refractivity contribution is 0.147. The topological polar surface area (TPSA) is 38.5 Å². The summed E-state index contributed by atoms with van der Waals surface area (Å²) in [5.74, 6) is 0.553. The Hall–Kier alpha value is -0.870. The van der Waals surface area contributed by atoms with Crippen LogP contribution in [0.2, 0.25) is 0 Å². The van der Waals surface area contributed by atoms with Crippen LogP contribution in [0.3, 0.4) is 0 Å². The van der Waals surface area contributed by atoms with Crippen molar-refractivity contribution in [2.24, 2.45) is 17.6 Å². The first kappa shape index (κ1) is 18.1. The Morgan fingerprint density at radius 1 is 1.42 bits per heavy atom. The third-order valence-electron chi connectivity index (χ3n) is 3.19. The molecule has 0 heterocycles. The molecule has 0 saturated heterocycles. The van der Waals surface area contributed by atoms with E-state index in [1.165, 1.54) is 13.2 Å². The second-order valence-corrected chi connectivity index (χ2v) is 5.50. The molecule has 0 aliphatic carbocycles. The van der Waals surface area contributed by atoms with Crippen molar-refractivity contribution >= 4 is 0 Å². The standard InChI is InChI=1S/C15H29FN2O/c1-7-15(16)14(13(4)19-6)10-18(5)9-11(2)8-12(3)17/h7,11-12,14-15H,1,4,8-10,17H2,2-3,5-6H3. The number of ether oxygens (including phenoxy) is 1. The van der Waals surface area contributed by atoms with Gasteiger partial charge < -0.3 is 15.4 Å². The Labute approximate surface area is 117 Å². The smallest absolute Gasteiger partial charge is 0.129 e. The monoisotopic (exact) mass is 272 g/mol. The predicted molar refractivity (Wildman–Crippen MR) is 79.7 cm³/mol. The molecule has 112 valence electrons. The number of rotatable bonds is 10. The second kappa shape index (κ2) is 9.10. The van der Waals surface area contributed by atoms with Gasteiger partial charge in [-0.25, -0.2) is 4.39 Å². The number of alkyl halides is 1. The molecular formula is C15H29FN2O. The average molecular weight is 272 g/mol. The van der Waals surface area contributed by atoms with Gasteiger partial charge in [0.05, 0.1) is 18.8 Å². The first-order valence-electron chi connectivity index (χ1n) is 6.75. The predicted octanol–water partition coefficient (Wildman–Crippen LogP) is 2.59. The van der Waals surface area contributed by atoms with Crippen LogP contribution in [-0.4, -0.2) is 44.4 Å². The van der Waals surface area contributed by atoms with Crippen molar-refractivity contribution in [1.29, 1.82) is 0 Å². The number of methoxy groups -OCH3 is 1. The lowest BCUT2D eigenvalue weighted by Crippen LogP contribution is -2.35. The Kier molecular flexibility index (Phi) is 8.68. The molecule has 0 saturated carbocycles. The van der Waals surface area contributed by atoms with E-state index in [0.29, 0.717) is 18.2 Å². The van der Waals surface area contributed by atoms with Gasteiger partial charge in [-0.05, 0) is 26.3 Å². The van der Waals surface area contributed by atoms with Crippen LogP contribution in [0.5, 0.6) is 0 Å². The summed E-state index contributed by atoms with van der Waals surface area (Å²) in [4.78, 5) is 2.10. The highest BCUT2D eigenvalue weighted by molar-refractivity contribution is 5.01. The third-order valence-corrected chi connectivity index (χ3v) is 3.19. The third kappa shape index (κ3) is 7.33. The lowest BCUT2D eigenvalue weighted by Gasteiger charge is -2.28. The van der Waals surface area contributed by atoms with Crippen LogP contribution in [0, 0.1) is 11.8 Å². The van der Waals surface area contributed by atoms with Gasteiger partial charge in [-0.2, -0.15) is 0 Å². The summed E-state index contributed by atoms with van der Waals surface area (Å²) in [5, 5.41) is 0.